The molecule has 2 aromatic rings. The zero-order chi connectivity index (χ0) is 13.8. The van der Waals surface area contributed by atoms with Crippen molar-refractivity contribution in [1.82, 2.24) is 9.78 Å². The molecule has 1 aromatic carbocycles. The highest BCUT2D eigenvalue weighted by atomic mass is 127. The zero-order valence-corrected chi connectivity index (χ0v) is 14.0. The summed E-state index contributed by atoms with van der Waals surface area (Å²) in [6.07, 6.45) is 0.971. The summed E-state index contributed by atoms with van der Waals surface area (Å²) < 4.78 is 3.18. The minimum Gasteiger partial charge on any atom is -0.379 e. The number of aryl methyl sites for hydroxylation is 2. The Morgan fingerprint density at radius 3 is 2.74 bits per heavy atom. The third kappa shape index (κ3) is 3.63. The second kappa shape index (κ2) is 6.61. The first kappa shape index (κ1) is 14.7. The van der Waals surface area contributed by atoms with Gasteiger partial charge in [0.1, 0.15) is 0 Å². The lowest BCUT2D eigenvalue weighted by molar-refractivity contribution is 0.619. The summed E-state index contributed by atoms with van der Waals surface area (Å²) in [5.74, 6) is 0. The third-order valence-electron chi connectivity index (χ3n) is 2.97. The predicted molar refractivity (Wildman–Crippen MR) is 88.8 cm³/mol. The van der Waals surface area contributed by atoms with E-state index in [1.807, 2.05) is 18.2 Å². The molecule has 1 N–H and O–H groups in total. The van der Waals surface area contributed by atoms with Crippen molar-refractivity contribution in [2.45, 2.75) is 33.4 Å². The summed E-state index contributed by atoms with van der Waals surface area (Å²) in [5.41, 5.74) is 3.46. The van der Waals surface area contributed by atoms with Crippen molar-refractivity contribution in [1.29, 1.82) is 0 Å². The molecule has 0 radical (unpaired) electrons. The molecule has 0 bridgehead atoms. The van der Waals surface area contributed by atoms with Crippen LogP contribution in [0, 0.1) is 3.57 Å². The van der Waals surface area contributed by atoms with Crippen molar-refractivity contribution in [2.75, 3.05) is 5.32 Å². The van der Waals surface area contributed by atoms with Crippen LogP contribution in [-0.4, -0.2) is 9.78 Å². The number of anilines is 1. The van der Waals surface area contributed by atoms with Gasteiger partial charge in [-0.05, 0) is 60.2 Å². The van der Waals surface area contributed by atoms with E-state index in [2.05, 4.69) is 57.6 Å². The van der Waals surface area contributed by atoms with Crippen molar-refractivity contribution >= 4 is 39.9 Å². The molecule has 0 aliphatic carbocycles. The Kier molecular flexibility index (Phi) is 5.10. The quantitative estimate of drug-likeness (QED) is 0.771. The Labute approximate surface area is 132 Å². The Hall–Kier alpha value is -0.750. The van der Waals surface area contributed by atoms with Gasteiger partial charge in [-0.1, -0.05) is 18.5 Å². The van der Waals surface area contributed by atoms with E-state index in [9.17, 15) is 0 Å². The molecule has 19 heavy (non-hydrogen) atoms. The van der Waals surface area contributed by atoms with Gasteiger partial charge in [0.25, 0.3) is 0 Å². The SMILES string of the molecule is CCc1cc(CNc2ccc(Cl)cc2I)n(CC)n1. The predicted octanol–water partition coefficient (Wildman–Crippen LogP) is 4.34. The van der Waals surface area contributed by atoms with E-state index in [0.717, 1.165) is 39.5 Å². The molecular weight excluding hydrogens is 373 g/mol. The minimum atomic E-state index is 0.766. The third-order valence-corrected chi connectivity index (χ3v) is 4.09. The van der Waals surface area contributed by atoms with Gasteiger partial charge in [-0.25, -0.2) is 0 Å². The summed E-state index contributed by atoms with van der Waals surface area (Å²) >= 11 is 8.25. The molecule has 0 fully saturated rings. The van der Waals surface area contributed by atoms with Crippen molar-refractivity contribution in [2.24, 2.45) is 0 Å². The zero-order valence-electron chi connectivity index (χ0n) is 11.1. The van der Waals surface area contributed by atoms with Crippen LogP contribution in [0.4, 0.5) is 5.69 Å². The van der Waals surface area contributed by atoms with Gasteiger partial charge in [-0.2, -0.15) is 5.10 Å². The van der Waals surface area contributed by atoms with Crippen LogP contribution in [0.15, 0.2) is 24.3 Å². The molecule has 0 atom stereocenters. The largest absolute Gasteiger partial charge is 0.379 e. The maximum absolute atomic E-state index is 5.96. The van der Waals surface area contributed by atoms with E-state index in [1.165, 1.54) is 5.69 Å². The van der Waals surface area contributed by atoms with Crippen LogP contribution >= 0.6 is 34.2 Å². The van der Waals surface area contributed by atoms with Crippen LogP contribution in [0.1, 0.15) is 25.2 Å². The topological polar surface area (TPSA) is 29.9 Å². The van der Waals surface area contributed by atoms with Crippen molar-refractivity contribution < 1.29 is 0 Å². The summed E-state index contributed by atoms with van der Waals surface area (Å²) in [7, 11) is 0. The highest BCUT2D eigenvalue weighted by Crippen LogP contribution is 2.22. The molecule has 0 saturated carbocycles. The van der Waals surface area contributed by atoms with Crippen molar-refractivity contribution in [3.05, 3.63) is 44.2 Å². The fourth-order valence-corrected chi connectivity index (χ4v) is 2.98. The first-order valence-electron chi connectivity index (χ1n) is 6.38. The highest BCUT2D eigenvalue weighted by Gasteiger charge is 2.06. The molecule has 5 heteroatoms. The Balaban J connectivity index is 2.11. The molecule has 3 nitrogen and oxygen atoms in total. The van der Waals surface area contributed by atoms with Gasteiger partial charge in [0.15, 0.2) is 0 Å². The number of nitrogens with one attached hydrogen (secondary N) is 1. The Morgan fingerprint density at radius 2 is 2.11 bits per heavy atom. The lowest BCUT2D eigenvalue weighted by Crippen LogP contribution is -2.08. The normalized spacial score (nSPS) is 10.7. The fourth-order valence-electron chi connectivity index (χ4n) is 1.92. The van der Waals surface area contributed by atoms with Gasteiger partial charge in [0.2, 0.25) is 0 Å². The van der Waals surface area contributed by atoms with Gasteiger partial charge in [-0.15, -0.1) is 0 Å². The summed E-state index contributed by atoms with van der Waals surface area (Å²) in [6.45, 7) is 5.91. The van der Waals surface area contributed by atoms with E-state index in [4.69, 9.17) is 11.6 Å². The molecular formula is C14H17ClIN3. The highest BCUT2D eigenvalue weighted by molar-refractivity contribution is 14.1. The minimum absolute atomic E-state index is 0.766. The Bertz CT molecular complexity index is 566. The number of nitrogens with zero attached hydrogens (tertiary/aromatic N) is 2. The van der Waals surface area contributed by atoms with Crippen LogP contribution in [0.2, 0.25) is 5.02 Å². The average Bonchev–Trinajstić information content (AvgIpc) is 2.80. The molecule has 0 amide bonds. The van der Waals surface area contributed by atoms with Crippen LogP contribution in [0.25, 0.3) is 0 Å². The maximum atomic E-state index is 5.96. The van der Waals surface area contributed by atoms with Crippen LogP contribution in [0.5, 0.6) is 0 Å². The average molecular weight is 390 g/mol. The maximum Gasteiger partial charge on any atom is 0.0625 e. The Morgan fingerprint density at radius 1 is 1.32 bits per heavy atom. The number of rotatable bonds is 5. The van der Waals surface area contributed by atoms with Gasteiger partial charge in [0.05, 0.1) is 17.9 Å². The van der Waals surface area contributed by atoms with Gasteiger partial charge in [0, 0.05) is 20.8 Å². The first-order chi connectivity index (χ1) is 9.13. The molecule has 0 spiro atoms. The van der Waals surface area contributed by atoms with Gasteiger partial charge >= 0.3 is 0 Å². The second-order valence-electron chi connectivity index (χ2n) is 4.27. The first-order valence-corrected chi connectivity index (χ1v) is 7.84. The van der Waals surface area contributed by atoms with E-state index < -0.39 is 0 Å². The van der Waals surface area contributed by atoms with E-state index in [-0.39, 0.29) is 0 Å². The molecule has 0 unspecified atom stereocenters. The number of benzene rings is 1. The second-order valence-corrected chi connectivity index (χ2v) is 5.87. The van der Waals surface area contributed by atoms with Crippen LogP contribution in [0.3, 0.4) is 0 Å². The lowest BCUT2D eigenvalue weighted by Gasteiger charge is -2.10. The van der Waals surface area contributed by atoms with E-state index in [1.54, 1.807) is 0 Å². The summed E-state index contributed by atoms with van der Waals surface area (Å²) in [5, 5.41) is 8.76. The fraction of sp³-hybridized carbons (Fsp3) is 0.357. The van der Waals surface area contributed by atoms with Crippen molar-refractivity contribution in [3.8, 4) is 0 Å². The van der Waals surface area contributed by atoms with Gasteiger partial charge < -0.3 is 5.32 Å². The molecule has 1 aromatic heterocycles. The molecule has 102 valence electrons. The summed E-state index contributed by atoms with van der Waals surface area (Å²) in [6, 6.07) is 8.04. The molecule has 0 aliphatic rings. The van der Waals surface area contributed by atoms with Crippen molar-refractivity contribution in [3.63, 3.8) is 0 Å². The number of hydrogen-bond donors (Lipinski definition) is 1. The van der Waals surface area contributed by atoms with Gasteiger partial charge in [-0.3, -0.25) is 4.68 Å². The molecule has 2 rings (SSSR count). The molecule has 1 heterocycles. The lowest BCUT2D eigenvalue weighted by atomic mass is 10.3. The summed E-state index contributed by atoms with van der Waals surface area (Å²) in [4.78, 5) is 0. The number of aromatic nitrogens is 2. The van der Waals surface area contributed by atoms with E-state index in [0.29, 0.717) is 0 Å². The van der Waals surface area contributed by atoms with Crippen LogP contribution in [-0.2, 0) is 19.5 Å². The molecule has 0 aliphatic heterocycles. The number of hydrogen-bond acceptors (Lipinski definition) is 2. The molecule has 0 saturated heterocycles. The number of halogens is 2. The smallest absolute Gasteiger partial charge is 0.0625 e. The van der Waals surface area contributed by atoms with Crippen LogP contribution < -0.4 is 5.32 Å². The van der Waals surface area contributed by atoms with E-state index >= 15 is 0 Å². The monoisotopic (exact) mass is 389 g/mol. The standard InChI is InChI=1S/C14H17ClIN3/c1-3-11-8-12(19(4-2)18-11)9-17-14-6-5-10(15)7-13(14)16/h5-8,17H,3-4,9H2,1-2H3.